The first kappa shape index (κ1) is 9.74. The van der Waals surface area contributed by atoms with Crippen LogP contribution in [0.2, 0.25) is 5.15 Å². The van der Waals surface area contributed by atoms with E-state index in [1.165, 1.54) is 4.88 Å². The molecule has 0 radical (unpaired) electrons. The van der Waals surface area contributed by atoms with Gasteiger partial charge in [-0.05, 0) is 31.2 Å². The van der Waals surface area contributed by atoms with Gasteiger partial charge in [0.2, 0.25) is 0 Å². The third-order valence-electron chi connectivity index (χ3n) is 2.19. The number of nitrogens with zero attached hydrogens (tertiary/aromatic N) is 4. The predicted molar refractivity (Wildman–Crippen MR) is 63.8 cm³/mol. The molecule has 0 aliphatic rings. The number of hydrogen-bond donors (Lipinski definition) is 0. The van der Waals surface area contributed by atoms with Gasteiger partial charge in [-0.25, -0.2) is 0 Å². The van der Waals surface area contributed by atoms with Crippen molar-refractivity contribution in [1.29, 1.82) is 0 Å². The van der Waals surface area contributed by atoms with Crippen molar-refractivity contribution in [2.24, 2.45) is 0 Å². The molecule has 0 aromatic carbocycles. The van der Waals surface area contributed by atoms with Crippen LogP contribution in [-0.4, -0.2) is 19.8 Å². The molecule has 0 N–H and O–H groups in total. The van der Waals surface area contributed by atoms with Crippen molar-refractivity contribution in [2.45, 2.75) is 6.92 Å². The predicted octanol–water partition coefficient (Wildman–Crippen LogP) is 2.81. The molecule has 3 aromatic heterocycles. The number of halogens is 1. The van der Waals surface area contributed by atoms with Crippen molar-refractivity contribution < 1.29 is 0 Å². The van der Waals surface area contributed by atoms with Crippen molar-refractivity contribution in [1.82, 2.24) is 19.8 Å². The fourth-order valence-electron chi connectivity index (χ4n) is 1.47. The minimum absolute atomic E-state index is 0.432. The first-order valence-corrected chi connectivity index (χ1v) is 5.88. The summed E-state index contributed by atoms with van der Waals surface area (Å²) in [5.74, 6) is 0.732. The second kappa shape index (κ2) is 3.54. The van der Waals surface area contributed by atoms with Crippen molar-refractivity contribution in [3.8, 4) is 10.7 Å². The van der Waals surface area contributed by atoms with Crippen molar-refractivity contribution in [2.75, 3.05) is 0 Å². The Morgan fingerprint density at radius 3 is 2.81 bits per heavy atom. The van der Waals surface area contributed by atoms with Crippen LogP contribution in [0.3, 0.4) is 0 Å². The standard InChI is InChI=1S/C10H7ClN4S/c1-6-2-3-7(16-6)10-13-12-9-5-4-8(11)14-15(9)10/h2-5H,1H3. The van der Waals surface area contributed by atoms with Gasteiger partial charge in [0.25, 0.3) is 0 Å². The molecule has 3 rings (SSSR count). The molecular weight excluding hydrogens is 244 g/mol. The average Bonchev–Trinajstić information content (AvgIpc) is 2.83. The lowest BCUT2D eigenvalue weighted by Gasteiger charge is -1.95. The summed E-state index contributed by atoms with van der Waals surface area (Å²) < 4.78 is 1.66. The first-order chi connectivity index (χ1) is 7.74. The van der Waals surface area contributed by atoms with Crippen LogP contribution in [0.15, 0.2) is 24.3 Å². The molecule has 4 nitrogen and oxygen atoms in total. The first-order valence-electron chi connectivity index (χ1n) is 4.69. The molecular formula is C10H7ClN4S. The third kappa shape index (κ3) is 1.48. The van der Waals surface area contributed by atoms with Crippen LogP contribution < -0.4 is 0 Å². The molecule has 3 aromatic rings. The molecule has 0 aliphatic carbocycles. The van der Waals surface area contributed by atoms with E-state index in [9.17, 15) is 0 Å². The molecule has 0 aliphatic heterocycles. The molecule has 16 heavy (non-hydrogen) atoms. The van der Waals surface area contributed by atoms with Gasteiger partial charge in [-0.2, -0.15) is 9.61 Å². The Hall–Kier alpha value is -1.46. The molecule has 80 valence electrons. The average molecular weight is 251 g/mol. The van der Waals surface area contributed by atoms with E-state index >= 15 is 0 Å². The van der Waals surface area contributed by atoms with Gasteiger partial charge in [-0.1, -0.05) is 11.6 Å². The molecule has 0 amide bonds. The minimum atomic E-state index is 0.432. The molecule has 3 heterocycles. The van der Waals surface area contributed by atoms with E-state index in [0.717, 1.165) is 10.7 Å². The van der Waals surface area contributed by atoms with E-state index in [4.69, 9.17) is 11.6 Å². The van der Waals surface area contributed by atoms with Crippen molar-refractivity contribution in [3.05, 3.63) is 34.3 Å². The SMILES string of the molecule is Cc1ccc(-c2nnc3ccc(Cl)nn23)s1. The number of rotatable bonds is 1. The maximum absolute atomic E-state index is 5.86. The third-order valence-corrected chi connectivity index (χ3v) is 3.39. The Morgan fingerprint density at radius 1 is 1.19 bits per heavy atom. The molecule has 0 fully saturated rings. The van der Waals surface area contributed by atoms with Gasteiger partial charge in [0.05, 0.1) is 4.88 Å². The zero-order valence-electron chi connectivity index (χ0n) is 8.38. The zero-order chi connectivity index (χ0) is 11.1. The number of hydrogen-bond acceptors (Lipinski definition) is 4. The molecule has 6 heteroatoms. The van der Waals surface area contributed by atoms with Gasteiger partial charge in [0.15, 0.2) is 11.5 Å². The van der Waals surface area contributed by atoms with Crippen LogP contribution >= 0.6 is 22.9 Å². The summed E-state index contributed by atoms with van der Waals surface area (Å²) in [7, 11) is 0. The van der Waals surface area contributed by atoms with Gasteiger partial charge in [-0.15, -0.1) is 21.5 Å². The monoisotopic (exact) mass is 250 g/mol. The van der Waals surface area contributed by atoms with Crippen molar-refractivity contribution >= 4 is 28.6 Å². The summed E-state index contributed by atoms with van der Waals surface area (Å²) in [4.78, 5) is 2.27. The topological polar surface area (TPSA) is 43.1 Å². The smallest absolute Gasteiger partial charge is 0.190 e. The quantitative estimate of drug-likeness (QED) is 0.667. The largest absolute Gasteiger partial charge is 0.195 e. The zero-order valence-corrected chi connectivity index (χ0v) is 9.96. The molecule has 0 unspecified atom stereocenters. The highest BCUT2D eigenvalue weighted by Crippen LogP contribution is 2.26. The highest BCUT2D eigenvalue weighted by atomic mass is 35.5. The van der Waals surface area contributed by atoms with Crippen LogP contribution in [0.5, 0.6) is 0 Å². The normalized spacial score (nSPS) is 11.1. The van der Waals surface area contributed by atoms with Gasteiger partial charge in [0.1, 0.15) is 5.15 Å². The van der Waals surface area contributed by atoms with E-state index in [2.05, 4.69) is 22.2 Å². The summed E-state index contributed by atoms with van der Waals surface area (Å²) in [5, 5.41) is 12.8. The second-order valence-electron chi connectivity index (χ2n) is 3.36. The Labute approximate surface area is 101 Å². The van der Waals surface area contributed by atoms with Gasteiger partial charge in [0, 0.05) is 4.88 Å². The number of fused-ring (bicyclic) bond motifs is 1. The molecule has 0 bridgehead atoms. The van der Waals surface area contributed by atoms with Crippen molar-refractivity contribution in [3.63, 3.8) is 0 Å². The Kier molecular flexibility index (Phi) is 2.15. The number of aryl methyl sites for hydroxylation is 1. The molecule has 0 spiro atoms. The Balaban J connectivity index is 2.27. The highest BCUT2D eigenvalue weighted by Gasteiger charge is 2.10. The molecule has 0 atom stereocenters. The van der Waals surface area contributed by atoms with E-state index < -0.39 is 0 Å². The van der Waals surface area contributed by atoms with Gasteiger partial charge >= 0.3 is 0 Å². The molecule has 0 saturated heterocycles. The lowest BCUT2D eigenvalue weighted by Crippen LogP contribution is -1.93. The Bertz CT molecular complexity index is 658. The number of aromatic nitrogens is 4. The Morgan fingerprint density at radius 2 is 2.06 bits per heavy atom. The van der Waals surface area contributed by atoms with E-state index in [1.807, 2.05) is 12.1 Å². The van der Waals surface area contributed by atoms with Crippen LogP contribution in [-0.2, 0) is 0 Å². The summed E-state index contributed by atoms with van der Waals surface area (Å²) >= 11 is 7.52. The van der Waals surface area contributed by atoms with E-state index in [0.29, 0.717) is 10.8 Å². The van der Waals surface area contributed by atoms with Crippen LogP contribution in [0, 0.1) is 6.92 Å². The maximum atomic E-state index is 5.86. The summed E-state index contributed by atoms with van der Waals surface area (Å²) in [6, 6.07) is 7.56. The second-order valence-corrected chi connectivity index (χ2v) is 5.04. The van der Waals surface area contributed by atoms with E-state index in [1.54, 1.807) is 28.0 Å². The van der Waals surface area contributed by atoms with Crippen LogP contribution in [0.1, 0.15) is 4.88 Å². The lowest BCUT2D eigenvalue weighted by atomic mass is 10.4. The van der Waals surface area contributed by atoms with E-state index in [-0.39, 0.29) is 0 Å². The lowest BCUT2D eigenvalue weighted by molar-refractivity contribution is 0.939. The highest BCUT2D eigenvalue weighted by molar-refractivity contribution is 7.15. The van der Waals surface area contributed by atoms with Crippen LogP contribution in [0.4, 0.5) is 0 Å². The minimum Gasteiger partial charge on any atom is -0.190 e. The molecule has 0 saturated carbocycles. The summed E-state index contributed by atoms with van der Waals surface area (Å²) in [5.41, 5.74) is 0.699. The maximum Gasteiger partial charge on any atom is 0.195 e. The van der Waals surface area contributed by atoms with Crippen LogP contribution in [0.25, 0.3) is 16.3 Å². The van der Waals surface area contributed by atoms with Gasteiger partial charge < -0.3 is 0 Å². The van der Waals surface area contributed by atoms with Gasteiger partial charge in [-0.3, -0.25) is 0 Å². The summed E-state index contributed by atoms with van der Waals surface area (Å²) in [6.07, 6.45) is 0. The number of thiophene rings is 1. The fraction of sp³-hybridized carbons (Fsp3) is 0.100. The summed E-state index contributed by atoms with van der Waals surface area (Å²) in [6.45, 7) is 2.05. The fourth-order valence-corrected chi connectivity index (χ4v) is 2.45.